The number of aromatic carboxylic acids is 1. The zero-order chi connectivity index (χ0) is 14.9. The zero-order valence-electron chi connectivity index (χ0n) is 10.4. The highest BCUT2D eigenvalue weighted by atomic mass is 79.9. The maximum absolute atomic E-state index is 14.3. The van der Waals surface area contributed by atoms with Crippen molar-refractivity contribution in [1.29, 1.82) is 0 Å². The van der Waals surface area contributed by atoms with E-state index in [-0.39, 0.29) is 27.2 Å². The van der Waals surface area contributed by atoms with E-state index in [1.807, 2.05) is 0 Å². The van der Waals surface area contributed by atoms with Crippen LogP contribution in [0.2, 0.25) is 0 Å². The molecule has 2 rings (SSSR count). The predicted molar refractivity (Wildman–Crippen MR) is 69.7 cm³/mol. The Kier molecular flexibility index (Phi) is 3.93. The summed E-state index contributed by atoms with van der Waals surface area (Å²) in [6.45, 7) is 0. The number of rotatable bonds is 4. The number of ether oxygens (including phenoxy) is 2. The summed E-state index contributed by atoms with van der Waals surface area (Å²) in [5, 5.41) is 12.3. The highest BCUT2D eigenvalue weighted by molar-refractivity contribution is 9.10. The quantitative estimate of drug-likeness (QED) is 0.917. The molecule has 0 atom stereocenters. The van der Waals surface area contributed by atoms with Gasteiger partial charge in [0.1, 0.15) is 5.69 Å². The van der Waals surface area contributed by atoms with Gasteiger partial charge in [0.2, 0.25) is 5.76 Å². The molecule has 0 aliphatic heterocycles. The van der Waals surface area contributed by atoms with Gasteiger partial charge >= 0.3 is 5.97 Å². The van der Waals surface area contributed by atoms with Crippen LogP contribution in [0, 0.1) is 5.82 Å². The number of carboxylic acids is 1. The van der Waals surface area contributed by atoms with Crippen molar-refractivity contribution in [3.05, 3.63) is 28.2 Å². The molecular weight excluding hydrogens is 337 g/mol. The van der Waals surface area contributed by atoms with Crippen molar-refractivity contribution in [3.8, 4) is 22.8 Å². The molecule has 0 unspecified atom stereocenters. The van der Waals surface area contributed by atoms with Gasteiger partial charge in [0.25, 0.3) is 0 Å². The van der Waals surface area contributed by atoms with Gasteiger partial charge in [-0.3, -0.25) is 0 Å². The number of nitrogens with zero attached hydrogens (tertiary/aromatic N) is 1. The van der Waals surface area contributed by atoms with E-state index in [2.05, 4.69) is 25.6 Å². The molecule has 0 fully saturated rings. The lowest BCUT2D eigenvalue weighted by Crippen LogP contribution is -1.97. The predicted octanol–water partition coefficient (Wildman–Crippen LogP) is 2.96. The van der Waals surface area contributed by atoms with Gasteiger partial charge in [-0.05, 0) is 15.9 Å². The van der Waals surface area contributed by atoms with Crippen LogP contribution in [0.1, 0.15) is 10.6 Å². The number of hydrogen-bond donors (Lipinski definition) is 1. The third kappa shape index (κ3) is 2.34. The minimum atomic E-state index is -1.30. The van der Waals surface area contributed by atoms with Gasteiger partial charge in [-0.15, -0.1) is 0 Å². The van der Waals surface area contributed by atoms with Crippen LogP contribution in [0.15, 0.2) is 21.1 Å². The first-order chi connectivity index (χ1) is 9.49. The van der Waals surface area contributed by atoms with Gasteiger partial charge in [-0.1, -0.05) is 5.16 Å². The summed E-state index contributed by atoms with van der Waals surface area (Å²) in [5.41, 5.74) is -0.0497. The van der Waals surface area contributed by atoms with E-state index in [0.717, 1.165) is 6.07 Å². The van der Waals surface area contributed by atoms with Crippen molar-refractivity contribution >= 4 is 21.9 Å². The van der Waals surface area contributed by atoms with Crippen LogP contribution in [0.25, 0.3) is 11.3 Å². The van der Waals surface area contributed by atoms with Gasteiger partial charge in [-0.25, -0.2) is 9.18 Å². The molecule has 1 N–H and O–H groups in total. The van der Waals surface area contributed by atoms with Gasteiger partial charge in [0.15, 0.2) is 17.3 Å². The van der Waals surface area contributed by atoms with Crippen LogP contribution in [0.3, 0.4) is 0 Å². The molecule has 0 saturated heterocycles. The molecule has 0 aliphatic carbocycles. The SMILES string of the molecule is COc1cc(Br)c(F)c(-c2cc(C(=O)O)on2)c1OC. The molecular formula is C12H9BrFNO5. The molecule has 0 bridgehead atoms. The second kappa shape index (κ2) is 5.49. The molecule has 6 nitrogen and oxygen atoms in total. The normalized spacial score (nSPS) is 10.4. The number of aromatic nitrogens is 1. The lowest BCUT2D eigenvalue weighted by atomic mass is 10.1. The highest BCUT2D eigenvalue weighted by Crippen LogP contribution is 2.42. The van der Waals surface area contributed by atoms with Gasteiger partial charge in [0, 0.05) is 12.1 Å². The molecule has 106 valence electrons. The summed E-state index contributed by atoms with van der Waals surface area (Å²) in [5.74, 6) is -1.99. The van der Waals surface area contributed by atoms with E-state index < -0.39 is 17.5 Å². The minimum Gasteiger partial charge on any atom is -0.493 e. The first kappa shape index (κ1) is 14.3. The van der Waals surface area contributed by atoms with Crippen molar-refractivity contribution in [2.45, 2.75) is 0 Å². The second-order valence-electron chi connectivity index (χ2n) is 3.66. The largest absolute Gasteiger partial charge is 0.493 e. The molecule has 8 heteroatoms. The fraction of sp³-hybridized carbons (Fsp3) is 0.167. The summed E-state index contributed by atoms with van der Waals surface area (Å²) in [4.78, 5) is 10.8. The average molecular weight is 346 g/mol. The number of carboxylic acid groups (broad SMARTS) is 1. The van der Waals surface area contributed by atoms with Crippen molar-refractivity contribution in [1.82, 2.24) is 5.16 Å². The summed E-state index contributed by atoms with van der Waals surface area (Å²) in [6.07, 6.45) is 0. The van der Waals surface area contributed by atoms with E-state index in [1.165, 1.54) is 20.3 Å². The number of hydrogen-bond acceptors (Lipinski definition) is 5. The van der Waals surface area contributed by atoms with Crippen LogP contribution in [0.4, 0.5) is 4.39 Å². The molecule has 0 spiro atoms. The van der Waals surface area contributed by atoms with Crippen LogP contribution in [-0.2, 0) is 0 Å². The molecule has 1 heterocycles. The van der Waals surface area contributed by atoms with Crippen LogP contribution >= 0.6 is 15.9 Å². The van der Waals surface area contributed by atoms with Crippen LogP contribution in [0.5, 0.6) is 11.5 Å². The van der Waals surface area contributed by atoms with E-state index in [1.54, 1.807) is 0 Å². The van der Waals surface area contributed by atoms with Crippen molar-refractivity contribution in [2.24, 2.45) is 0 Å². The standard InChI is InChI=1S/C12H9BrFNO5/c1-18-7-3-5(13)10(14)9(11(7)19-2)6-4-8(12(16)17)20-15-6/h3-4H,1-2H3,(H,16,17). The Hall–Kier alpha value is -2.09. The van der Waals surface area contributed by atoms with Crippen molar-refractivity contribution < 1.29 is 28.3 Å². The summed E-state index contributed by atoms with van der Waals surface area (Å²) in [7, 11) is 2.74. The van der Waals surface area contributed by atoms with E-state index in [0.29, 0.717) is 0 Å². The first-order valence-electron chi connectivity index (χ1n) is 5.30. The second-order valence-corrected chi connectivity index (χ2v) is 4.52. The van der Waals surface area contributed by atoms with Crippen molar-refractivity contribution in [3.63, 3.8) is 0 Å². The summed E-state index contributed by atoms with van der Waals surface area (Å²) >= 11 is 3.05. The third-order valence-corrected chi connectivity index (χ3v) is 3.12. The molecule has 0 amide bonds. The highest BCUT2D eigenvalue weighted by Gasteiger charge is 2.24. The Morgan fingerprint density at radius 1 is 1.40 bits per heavy atom. The summed E-state index contributed by atoms with van der Waals surface area (Å²) < 4.78 is 29.2. The Balaban J connectivity index is 2.70. The fourth-order valence-corrected chi connectivity index (χ4v) is 2.07. The van der Waals surface area contributed by atoms with Gasteiger partial charge < -0.3 is 19.1 Å². The average Bonchev–Trinajstić information content (AvgIpc) is 2.90. The van der Waals surface area contributed by atoms with E-state index in [9.17, 15) is 9.18 Å². The first-order valence-corrected chi connectivity index (χ1v) is 6.09. The maximum Gasteiger partial charge on any atom is 0.374 e. The lowest BCUT2D eigenvalue weighted by molar-refractivity contribution is 0.0652. The number of carbonyl (C=O) groups is 1. The number of methoxy groups -OCH3 is 2. The Morgan fingerprint density at radius 2 is 2.10 bits per heavy atom. The van der Waals surface area contributed by atoms with Gasteiger partial charge in [0.05, 0.1) is 24.3 Å². The molecule has 1 aromatic carbocycles. The lowest BCUT2D eigenvalue weighted by Gasteiger charge is -2.13. The van der Waals surface area contributed by atoms with Crippen molar-refractivity contribution in [2.75, 3.05) is 14.2 Å². The molecule has 20 heavy (non-hydrogen) atoms. The molecule has 0 saturated carbocycles. The zero-order valence-corrected chi connectivity index (χ0v) is 12.0. The number of halogens is 2. The maximum atomic E-state index is 14.3. The number of benzene rings is 1. The van der Waals surface area contributed by atoms with Crippen LogP contribution in [-0.4, -0.2) is 30.5 Å². The summed E-state index contributed by atoms with van der Waals surface area (Å²) in [6, 6.07) is 2.50. The van der Waals surface area contributed by atoms with Crippen LogP contribution < -0.4 is 9.47 Å². The minimum absolute atomic E-state index is 0.00338. The Labute approximate surface area is 121 Å². The topological polar surface area (TPSA) is 81.8 Å². The molecule has 2 aromatic rings. The Morgan fingerprint density at radius 3 is 2.60 bits per heavy atom. The smallest absolute Gasteiger partial charge is 0.374 e. The molecule has 1 aromatic heterocycles. The monoisotopic (exact) mass is 345 g/mol. The van der Waals surface area contributed by atoms with Gasteiger partial charge in [-0.2, -0.15) is 0 Å². The van der Waals surface area contributed by atoms with E-state index >= 15 is 0 Å². The fourth-order valence-electron chi connectivity index (χ4n) is 1.66. The van der Waals surface area contributed by atoms with E-state index in [4.69, 9.17) is 14.6 Å². The molecule has 0 radical (unpaired) electrons. The third-order valence-electron chi connectivity index (χ3n) is 2.54. The molecule has 0 aliphatic rings. The Bertz CT molecular complexity index is 670.